The number of benzene rings is 2. The third-order valence-electron chi connectivity index (χ3n) is 5.70. The highest BCUT2D eigenvalue weighted by molar-refractivity contribution is 5.79. The summed E-state index contributed by atoms with van der Waals surface area (Å²) in [5, 5.41) is 6.76. The van der Waals surface area contributed by atoms with Crippen LogP contribution in [-0.4, -0.2) is 69.5 Å². The van der Waals surface area contributed by atoms with Crippen molar-refractivity contribution in [1.82, 2.24) is 15.5 Å². The Kier molecular flexibility index (Phi) is 8.23. The fourth-order valence-electron chi connectivity index (χ4n) is 3.97. The zero-order valence-corrected chi connectivity index (χ0v) is 18.9. The molecule has 32 heavy (non-hydrogen) atoms. The first-order valence-electron chi connectivity index (χ1n) is 11.6. The highest BCUT2D eigenvalue weighted by Crippen LogP contribution is 2.27. The van der Waals surface area contributed by atoms with Crippen molar-refractivity contribution < 1.29 is 14.2 Å². The summed E-state index contributed by atoms with van der Waals surface area (Å²) in [6.07, 6.45) is 1.04. The van der Waals surface area contributed by atoms with E-state index in [0.717, 1.165) is 68.8 Å². The number of ether oxygens (including phenoxy) is 3. The summed E-state index contributed by atoms with van der Waals surface area (Å²) in [6.45, 7) is 9.27. The van der Waals surface area contributed by atoms with Crippen molar-refractivity contribution >= 4 is 5.96 Å². The van der Waals surface area contributed by atoms with Crippen LogP contribution in [0.1, 0.15) is 18.1 Å². The molecule has 0 aromatic heterocycles. The summed E-state index contributed by atoms with van der Waals surface area (Å²) in [5.41, 5.74) is 2.35. The molecule has 7 nitrogen and oxygen atoms in total. The van der Waals surface area contributed by atoms with Crippen LogP contribution in [0.15, 0.2) is 53.5 Å². The quantitative estimate of drug-likeness (QED) is 0.463. The molecule has 0 aliphatic carbocycles. The molecule has 0 spiro atoms. The standard InChI is InChI=1S/C25H34N4O3/c1-2-26-25(28-19-22-17-20-7-3-6-10-24(20)32-22)27-18-21-8-4-5-9-23(21)31-16-13-29-11-14-30-15-12-29/h3-10,22H,2,11-19H2,1H3,(H2,26,27,28). The molecule has 0 amide bonds. The van der Waals surface area contributed by atoms with Crippen LogP contribution in [0.25, 0.3) is 0 Å². The number of hydrogen-bond acceptors (Lipinski definition) is 5. The third kappa shape index (κ3) is 6.37. The molecule has 0 bridgehead atoms. The summed E-state index contributed by atoms with van der Waals surface area (Å²) in [7, 11) is 0. The van der Waals surface area contributed by atoms with E-state index in [-0.39, 0.29) is 6.10 Å². The van der Waals surface area contributed by atoms with E-state index < -0.39 is 0 Å². The molecule has 2 N–H and O–H groups in total. The molecular formula is C25H34N4O3. The van der Waals surface area contributed by atoms with Crippen LogP contribution in [0.4, 0.5) is 0 Å². The predicted molar refractivity (Wildman–Crippen MR) is 127 cm³/mol. The second kappa shape index (κ2) is 11.7. The van der Waals surface area contributed by atoms with Gasteiger partial charge in [0.2, 0.25) is 0 Å². The molecule has 2 aromatic carbocycles. The Balaban J connectivity index is 1.29. The minimum atomic E-state index is 0.118. The second-order valence-electron chi connectivity index (χ2n) is 8.04. The number of hydrogen-bond donors (Lipinski definition) is 2. The summed E-state index contributed by atoms with van der Waals surface area (Å²) in [6, 6.07) is 16.4. The molecule has 1 atom stereocenters. The van der Waals surface area contributed by atoms with E-state index in [1.165, 1.54) is 5.56 Å². The summed E-state index contributed by atoms with van der Waals surface area (Å²) >= 11 is 0. The Morgan fingerprint density at radius 1 is 1.09 bits per heavy atom. The molecule has 2 aliphatic rings. The molecule has 1 fully saturated rings. The lowest BCUT2D eigenvalue weighted by atomic mass is 10.1. The van der Waals surface area contributed by atoms with E-state index in [1.54, 1.807) is 0 Å². The molecule has 7 heteroatoms. The maximum atomic E-state index is 6.10. The van der Waals surface area contributed by atoms with Crippen LogP contribution in [0.3, 0.4) is 0 Å². The van der Waals surface area contributed by atoms with Crippen molar-refractivity contribution in [2.45, 2.75) is 26.0 Å². The zero-order chi connectivity index (χ0) is 22.0. The monoisotopic (exact) mass is 438 g/mol. The largest absolute Gasteiger partial charge is 0.492 e. The Labute approximate surface area is 190 Å². The average Bonchev–Trinajstić information content (AvgIpc) is 3.25. The van der Waals surface area contributed by atoms with Crippen LogP contribution in [0, 0.1) is 0 Å². The minimum Gasteiger partial charge on any atom is -0.492 e. The van der Waals surface area contributed by atoms with Crippen LogP contribution in [-0.2, 0) is 17.7 Å². The number of rotatable bonds is 9. The number of fused-ring (bicyclic) bond motifs is 1. The summed E-state index contributed by atoms with van der Waals surface area (Å²) in [4.78, 5) is 7.16. The van der Waals surface area contributed by atoms with E-state index in [4.69, 9.17) is 19.2 Å². The minimum absolute atomic E-state index is 0.118. The number of para-hydroxylation sites is 2. The van der Waals surface area contributed by atoms with E-state index in [1.807, 2.05) is 30.3 Å². The van der Waals surface area contributed by atoms with Gasteiger partial charge in [-0.1, -0.05) is 36.4 Å². The molecule has 2 heterocycles. The molecular weight excluding hydrogens is 404 g/mol. The highest BCUT2D eigenvalue weighted by atomic mass is 16.5. The average molecular weight is 439 g/mol. The van der Waals surface area contributed by atoms with Crippen LogP contribution >= 0.6 is 0 Å². The van der Waals surface area contributed by atoms with Gasteiger partial charge in [-0.15, -0.1) is 0 Å². The lowest BCUT2D eigenvalue weighted by molar-refractivity contribution is 0.0322. The van der Waals surface area contributed by atoms with Gasteiger partial charge in [-0.2, -0.15) is 0 Å². The second-order valence-corrected chi connectivity index (χ2v) is 8.04. The van der Waals surface area contributed by atoms with Crippen LogP contribution < -0.4 is 20.1 Å². The van der Waals surface area contributed by atoms with E-state index >= 15 is 0 Å². The van der Waals surface area contributed by atoms with Gasteiger partial charge in [-0.25, -0.2) is 4.99 Å². The molecule has 0 radical (unpaired) electrons. The Bertz CT molecular complexity index is 858. The Morgan fingerprint density at radius 2 is 1.91 bits per heavy atom. The lowest BCUT2D eigenvalue weighted by Gasteiger charge is -2.26. The first-order valence-corrected chi connectivity index (χ1v) is 11.6. The van der Waals surface area contributed by atoms with Gasteiger partial charge in [0, 0.05) is 38.2 Å². The topological polar surface area (TPSA) is 67.4 Å². The summed E-state index contributed by atoms with van der Waals surface area (Å²) < 4.78 is 17.5. The number of morpholine rings is 1. The molecule has 4 rings (SSSR count). The van der Waals surface area contributed by atoms with Gasteiger partial charge in [-0.05, 0) is 24.6 Å². The van der Waals surface area contributed by atoms with Crippen molar-refractivity contribution in [1.29, 1.82) is 0 Å². The van der Waals surface area contributed by atoms with Crippen molar-refractivity contribution in [3.05, 3.63) is 59.7 Å². The molecule has 0 saturated carbocycles. The lowest BCUT2D eigenvalue weighted by Crippen LogP contribution is -2.42. The van der Waals surface area contributed by atoms with Gasteiger partial charge in [0.15, 0.2) is 5.96 Å². The fraction of sp³-hybridized carbons (Fsp3) is 0.480. The molecule has 1 unspecified atom stereocenters. The fourth-order valence-corrected chi connectivity index (χ4v) is 3.97. The van der Waals surface area contributed by atoms with Crippen molar-refractivity contribution in [3.8, 4) is 11.5 Å². The number of nitrogens with one attached hydrogen (secondary N) is 2. The van der Waals surface area contributed by atoms with Gasteiger partial charge in [0.05, 0.1) is 26.3 Å². The summed E-state index contributed by atoms with van der Waals surface area (Å²) in [5.74, 6) is 2.68. The van der Waals surface area contributed by atoms with E-state index in [0.29, 0.717) is 19.7 Å². The van der Waals surface area contributed by atoms with Crippen LogP contribution in [0.2, 0.25) is 0 Å². The van der Waals surface area contributed by atoms with Gasteiger partial charge >= 0.3 is 0 Å². The number of aliphatic imine (C=N–C) groups is 1. The smallest absolute Gasteiger partial charge is 0.191 e. The van der Waals surface area contributed by atoms with Crippen molar-refractivity contribution in [2.24, 2.45) is 4.99 Å². The predicted octanol–water partition coefficient (Wildman–Crippen LogP) is 2.46. The maximum Gasteiger partial charge on any atom is 0.191 e. The normalized spacial score (nSPS) is 18.7. The number of guanidine groups is 1. The Morgan fingerprint density at radius 3 is 2.75 bits per heavy atom. The molecule has 172 valence electrons. The first kappa shape index (κ1) is 22.4. The third-order valence-corrected chi connectivity index (χ3v) is 5.70. The zero-order valence-electron chi connectivity index (χ0n) is 18.9. The first-order chi connectivity index (χ1) is 15.8. The molecule has 2 aromatic rings. The number of nitrogens with zero attached hydrogens (tertiary/aromatic N) is 2. The van der Waals surface area contributed by atoms with Gasteiger partial charge < -0.3 is 24.8 Å². The molecule has 2 aliphatic heterocycles. The maximum absolute atomic E-state index is 6.10. The molecule has 1 saturated heterocycles. The van der Waals surface area contributed by atoms with E-state index in [2.05, 4.69) is 40.7 Å². The van der Waals surface area contributed by atoms with Gasteiger partial charge in [0.25, 0.3) is 0 Å². The van der Waals surface area contributed by atoms with Crippen molar-refractivity contribution in [2.75, 3.05) is 52.5 Å². The Hall–Kier alpha value is -2.77. The van der Waals surface area contributed by atoms with E-state index in [9.17, 15) is 0 Å². The highest BCUT2D eigenvalue weighted by Gasteiger charge is 2.22. The van der Waals surface area contributed by atoms with Crippen molar-refractivity contribution in [3.63, 3.8) is 0 Å². The van der Waals surface area contributed by atoms with Gasteiger partial charge in [0.1, 0.15) is 24.2 Å². The SMILES string of the molecule is CCNC(=NCc1ccccc1OCCN1CCOCC1)NCC1Cc2ccccc2O1. The van der Waals surface area contributed by atoms with Gasteiger partial charge in [-0.3, -0.25) is 4.90 Å². The van der Waals surface area contributed by atoms with Crippen LogP contribution in [0.5, 0.6) is 11.5 Å².